The van der Waals surface area contributed by atoms with Crippen LogP contribution in [0, 0.1) is 11.8 Å². The molecule has 0 aromatic heterocycles. The Hall–Kier alpha value is -0.300. The third-order valence-electron chi connectivity index (χ3n) is 2.76. The zero-order chi connectivity index (χ0) is 8.27. The molecule has 2 N–H and O–H groups in total. The second-order valence-electron chi connectivity index (χ2n) is 3.81. The minimum absolute atomic E-state index is 0.849. The van der Waals surface area contributed by atoms with E-state index in [2.05, 4.69) is 19.9 Å². The quantitative estimate of drug-likeness (QED) is 0.605. The van der Waals surface area contributed by atoms with Crippen molar-refractivity contribution in [2.24, 2.45) is 17.6 Å². The van der Waals surface area contributed by atoms with Crippen molar-refractivity contribution in [1.29, 1.82) is 0 Å². The first kappa shape index (κ1) is 8.79. The van der Waals surface area contributed by atoms with E-state index in [-0.39, 0.29) is 0 Å². The lowest BCUT2D eigenvalue weighted by Gasteiger charge is -2.27. The van der Waals surface area contributed by atoms with Crippen molar-refractivity contribution in [2.45, 2.75) is 33.1 Å². The molecule has 0 heterocycles. The molecule has 2 unspecified atom stereocenters. The van der Waals surface area contributed by atoms with E-state index >= 15 is 0 Å². The van der Waals surface area contributed by atoms with Gasteiger partial charge in [-0.05, 0) is 44.6 Å². The van der Waals surface area contributed by atoms with Crippen molar-refractivity contribution >= 4 is 0 Å². The van der Waals surface area contributed by atoms with Gasteiger partial charge in [-0.1, -0.05) is 18.6 Å². The number of hydrogen-bond acceptors (Lipinski definition) is 1. The lowest BCUT2D eigenvalue weighted by Crippen LogP contribution is -2.19. The maximum Gasteiger partial charge on any atom is -0.00744 e. The smallest absolute Gasteiger partial charge is 0.00744 e. The maximum absolute atomic E-state index is 5.54. The van der Waals surface area contributed by atoms with Gasteiger partial charge in [-0.25, -0.2) is 0 Å². The number of nitrogens with two attached hydrogens (primary N) is 1. The fraction of sp³-hybridized carbons (Fsp3) is 0.800. The van der Waals surface area contributed by atoms with Gasteiger partial charge in [0, 0.05) is 0 Å². The van der Waals surface area contributed by atoms with Crippen molar-refractivity contribution in [3.63, 3.8) is 0 Å². The Morgan fingerprint density at radius 3 is 2.91 bits per heavy atom. The van der Waals surface area contributed by atoms with E-state index in [1.807, 2.05) is 0 Å². The average Bonchev–Trinajstić information content (AvgIpc) is 1.95. The predicted octanol–water partition coefficient (Wildman–Crippen LogP) is 2.33. The van der Waals surface area contributed by atoms with Gasteiger partial charge in [-0.3, -0.25) is 0 Å². The molecule has 0 saturated heterocycles. The third-order valence-corrected chi connectivity index (χ3v) is 2.76. The van der Waals surface area contributed by atoms with Crippen LogP contribution in [0.5, 0.6) is 0 Å². The highest BCUT2D eigenvalue weighted by atomic mass is 14.5. The fourth-order valence-corrected chi connectivity index (χ4v) is 1.96. The summed E-state index contributed by atoms with van der Waals surface area (Å²) >= 11 is 0. The Balaban J connectivity index is 2.44. The molecule has 1 nitrogen and oxygen atoms in total. The van der Waals surface area contributed by atoms with Gasteiger partial charge < -0.3 is 5.73 Å². The molecular formula is C10H19N. The van der Waals surface area contributed by atoms with Gasteiger partial charge in [0.1, 0.15) is 0 Å². The standard InChI is InChI=1S/C10H19N/c1-8-3-4-10(5-6-11)9(2)7-8/h3,9-10H,4-7,11H2,1-2H3. The van der Waals surface area contributed by atoms with Crippen molar-refractivity contribution in [3.05, 3.63) is 11.6 Å². The van der Waals surface area contributed by atoms with E-state index in [1.54, 1.807) is 5.57 Å². The van der Waals surface area contributed by atoms with Crippen LogP contribution in [0.15, 0.2) is 11.6 Å². The molecule has 0 radical (unpaired) electrons. The molecule has 11 heavy (non-hydrogen) atoms. The van der Waals surface area contributed by atoms with Gasteiger partial charge in [-0.2, -0.15) is 0 Å². The summed E-state index contributed by atoms with van der Waals surface area (Å²) < 4.78 is 0. The zero-order valence-electron chi connectivity index (χ0n) is 7.64. The summed E-state index contributed by atoms with van der Waals surface area (Å²) in [7, 11) is 0. The van der Waals surface area contributed by atoms with E-state index in [4.69, 9.17) is 5.73 Å². The van der Waals surface area contributed by atoms with E-state index < -0.39 is 0 Å². The summed E-state index contributed by atoms with van der Waals surface area (Å²) in [6.45, 7) is 5.42. The summed E-state index contributed by atoms with van der Waals surface area (Å²) in [6, 6.07) is 0. The lowest BCUT2D eigenvalue weighted by atomic mass is 9.79. The molecule has 0 aliphatic heterocycles. The molecule has 64 valence electrons. The van der Waals surface area contributed by atoms with E-state index in [0.717, 1.165) is 18.4 Å². The maximum atomic E-state index is 5.54. The van der Waals surface area contributed by atoms with Gasteiger partial charge in [0.25, 0.3) is 0 Å². The molecule has 0 amide bonds. The normalized spacial score (nSPS) is 31.7. The van der Waals surface area contributed by atoms with Gasteiger partial charge in [0.2, 0.25) is 0 Å². The molecule has 0 aromatic rings. The van der Waals surface area contributed by atoms with Crippen molar-refractivity contribution < 1.29 is 0 Å². The number of rotatable bonds is 2. The Bertz CT molecular complexity index is 149. The summed E-state index contributed by atoms with van der Waals surface area (Å²) in [5.41, 5.74) is 7.10. The first-order chi connectivity index (χ1) is 5.24. The van der Waals surface area contributed by atoms with Crippen LogP contribution >= 0.6 is 0 Å². The second kappa shape index (κ2) is 3.91. The predicted molar refractivity (Wildman–Crippen MR) is 49.3 cm³/mol. The van der Waals surface area contributed by atoms with Gasteiger partial charge in [0.15, 0.2) is 0 Å². The SMILES string of the molecule is CC1=CCC(CCN)C(C)C1. The highest BCUT2D eigenvalue weighted by Gasteiger charge is 2.19. The van der Waals surface area contributed by atoms with Gasteiger partial charge >= 0.3 is 0 Å². The largest absolute Gasteiger partial charge is 0.330 e. The molecule has 0 spiro atoms. The molecule has 0 fully saturated rings. The Morgan fingerprint density at radius 2 is 2.36 bits per heavy atom. The van der Waals surface area contributed by atoms with Gasteiger partial charge in [-0.15, -0.1) is 0 Å². The van der Waals surface area contributed by atoms with Crippen LogP contribution in [-0.2, 0) is 0 Å². The summed E-state index contributed by atoms with van der Waals surface area (Å²) in [6.07, 6.45) is 6.11. The van der Waals surface area contributed by atoms with Crippen LogP contribution < -0.4 is 5.73 Å². The highest BCUT2D eigenvalue weighted by Crippen LogP contribution is 2.30. The molecule has 1 heteroatoms. The van der Waals surface area contributed by atoms with Crippen LogP contribution in [0.3, 0.4) is 0 Å². The highest BCUT2D eigenvalue weighted by molar-refractivity contribution is 5.04. The van der Waals surface area contributed by atoms with Crippen molar-refractivity contribution in [3.8, 4) is 0 Å². The molecule has 1 aliphatic rings. The molecular weight excluding hydrogens is 134 g/mol. The van der Waals surface area contributed by atoms with Crippen molar-refractivity contribution in [2.75, 3.05) is 6.54 Å². The van der Waals surface area contributed by atoms with Gasteiger partial charge in [0.05, 0.1) is 0 Å². The topological polar surface area (TPSA) is 26.0 Å². The van der Waals surface area contributed by atoms with E-state index in [9.17, 15) is 0 Å². The molecule has 1 rings (SSSR count). The van der Waals surface area contributed by atoms with E-state index in [1.165, 1.54) is 19.3 Å². The second-order valence-corrected chi connectivity index (χ2v) is 3.81. The number of allylic oxidation sites excluding steroid dienone is 2. The van der Waals surface area contributed by atoms with Crippen LogP contribution in [0.1, 0.15) is 33.1 Å². The summed E-state index contributed by atoms with van der Waals surface area (Å²) in [5, 5.41) is 0. The first-order valence-electron chi connectivity index (χ1n) is 4.59. The van der Waals surface area contributed by atoms with Crippen molar-refractivity contribution in [1.82, 2.24) is 0 Å². The Labute approximate surface area is 69.7 Å². The molecule has 2 atom stereocenters. The van der Waals surface area contributed by atoms with E-state index in [0.29, 0.717) is 0 Å². The first-order valence-corrected chi connectivity index (χ1v) is 4.59. The average molecular weight is 153 g/mol. The summed E-state index contributed by atoms with van der Waals surface area (Å²) in [4.78, 5) is 0. The third kappa shape index (κ3) is 2.33. The molecule has 0 saturated carbocycles. The number of hydrogen-bond donors (Lipinski definition) is 1. The minimum atomic E-state index is 0.849. The zero-order valence-corrected chi connectivity index (χ0v) is 7.64. The molecule has 0 bridgehead atoms. The monoisotopic (exact) mass is 153 g/mol. The molecule has 1 aliphatic carbocycles. The lowest BCUT2D eigenvalue weighted by molar-refractivity contribution is 0.324. The van der Waals surface area contributed by atoms with Crippen LogP contribution in [0.2, 0.25) is 0 Å². The molecule has 0 aromatic carbocycles. The minimum Gasteiger partial charge on any atom is -0.330 e. The van der Waals surface area contributed by atoms with Crippen LogP contribution in [0.4, 0.5) is 0 Å². The van der Waals surface area contributed by atoms with Crippen LogP contribution in [-0.4, -0.2) is 6.54 Å². The summed E-state index contributed by atoms with van der Waals surface area (Å²) in [5.74, 6) is 1.70. The fourth-order valence-electron chi connectivity index (χ4n) is 1.96. The Morgan fingerprint density at radius 1 is 1.64 bits per heavy atom. The Kier molecular flexibility index (Phi) is 3.13. The van der Waals surface area contributed by atoms with Crippen LogP contribution in [0.25, 0.3) is 0 Å².